The molecule has 2 N–H and O–H groups in total. The lowest BCUT2D eigenvalue weighted by Crippen LogP contribution is -3.13. The van der Waals surface area contributed by atoms with Crippen molar-refractivity contribution in [2.45, 2.75) is 25.3 Å². The molecule has 2 aliphatic heterocycles. The maximum Gasteiger partial charge on any atom is 0.262 e. The summed E-state index contributed by atoms with van der Waals surface area (Å²) in [5.41, 5.74) is 3.66. The summed E-state index contributed by atoms with van der Waals surface area (Å²) in [7, 11) is -3.84. The maximum atomic E-state index is 13.2. The average Bonchev–Trinajstić information content (AvgIpc) is 3.33. The number of rotatable bonds is 6. The summed E-state index contributed by atoms with van der Waals surface area (Å²) in [6.07, 6.45) is 0. The standard InChI is InChI=1S/C27H29N3O5S/c1-19-3-8-23(9-4-19)28-36(32,33)26-16-22(7-5-20(26)2)27(31)30-13-11-29(12-14-30)17-21-6-10-24-25(15-21)35-18-34-24/h3-10,15-16,28H,11-14,17-18H2,1-2H3/p+1. The number of carbonyl (C=O) groups is 1. The molecule has 1 amide bonds. The van der Waals surface area contributed by atoms with Crippen LogP contribution in [0.2, 0.25) is 0 Å². The molecule has 9 heteroatoms. The fraction of sp³-hybridized carbons (Fsp3) is 0.296. The molecule has 0 spiro atoms. The van der Waals surface area contributed by atoms with Crippen LogP contribution < -0.4 is 19.1 Å². The predicted molar refractivity (Wildman–Crippen MR) is 136 cm³/mol. The van der Waals surface area contributed by atoms with Crippen LogP contribution >= 0.6 is 0 Å². The van der Waals surface area contributed by atoms with Crippen LogP contribution in [0.25, 0.3) is 0 Å². The molecule has 36 heavy (non-hydrogen) atoms. The van der Waals surface area contributed by atoms with Crippen molar-refractivity contribution in [2.75, 3.05) is 37.7 Å². The Hall–Kier alpha value is -3.56. The lowest BCUT2D eigenvalue weighted by Gasteiger charge is -2.32. The van der Waals surface area contributed by atoms with Gasteiger partial charge >= 0.3 is 0 Å². The number of hydrogen-bond acceptors (Lipinski definition) is 5. The molecule has 188 valence electrons. The maximum absolute atomic E-state index is 13.2. The number of amides is 1. The van der Waals surface area contributed by atoms with Crippen molar-refractivity contribution >= 4 is 21.6 Å². The van der Waals surface area contributed by atoms with Gasteiger partial charge in [0.15, 0.2) is 11.5 Å². The van der Waals surface area contributed by atoms with Crippen molar-refractivity contribution in [1.29, 1.82) is 0 Å². The lowest BCUT2D eigenvalue weighted by atomic mass is 10.1. The number of benzene rings is 3. The van der Waals surface area contributed by atoms with Gasteiger partial charge in [-0.2, -0.15) is 0 Å². The molecular formula is C27H30N3O5S+. The number of hydrogen-bond donors (Lipinski definition) is 2. The molecule has 0 unspecified atom stereocenters. The Morgan fingerprint density at radius 2 is 1.67 bits per heavy atom. The van der Waals surface area contributed by atoms with Crippen molar-refractivity contribution in [3.63, 3.8) is 0 Å². The Morgan fingerprint density at radius 3 is 2.42 bits per heavy atom. The average molecular weight is 509 g/mol. The summed E-state index contributed by atoms with van der Waals surface area (Å²) in [6.45, 7) is 7.62. The van der Waals surface area contributed by atoms with Gasteiger partial charge in [0, 0.05) is 16.8 Å². The third-order valence-corrected chi connectivity index (χ3v) is 8.20. The summed E-state index contributed by atoms with van der Waals surface area (Å²) < 4.78 is 39.7. The van der Waals surface area contributed by atoms with Crippen LogP contribution in [-0.4, -0.2) is 52.2 Å². The first-order valence-electron chi connectivity index (χ1n) is 12.0. The minimum atomic E-state index is -3.84. The Morgan fingerprint density at radius 1 is 0.944 bits per heavy atom. The van der Waals surface area contributed by atoms with Crippen LogP contribution in [0.4, 0.5) is 5.69 Å². The fourth-order valence-electron chi connectivity index (χ4n) is 4.58. The van der Waals surface area contributed by atoms with Crippen LogP contribution in [0.5, 0.6) is 11.5 Å². The third kappa shape index (κ3) is 5.17. The normalized spacial score (nSPS) is 15.7. The Bertz CT molecular complexity index is 1380. The van der Waals surface area contributed by atoms with Crippen molar-refractivity contribution in [3.8, 4) is 11.5 Å². The van der Waals surface area contributed by atoms with Crippen molar-refractivity contribution in [2.24, 2.45) is 0 Å². The minimum Gasteiger partial charge on any atom is -0.454 e. The molecular weight excluding hydrogens is 478 g/mol. The van der Waals surface area contributed by atoms with E-state index >= 15 is 0 Å². The third-order valence-electron chi connectivity index (χ3n) is 6.68. The van der Waals surface area contributed by atoms with Gasteiger partial charge < -0.3 is 19.3 Å². The Labute approximate surface area is 211 Å². The number of fused-ring (bicyclic) bond motifs is 1. The van der Waals surface area contributed by atoms with Gasteiger partial charge in [-0.3, -0.25) is 9.52 Å². The first-order chi connectivity index (χ1) is 17.3. The molecule has 0 bridgehead atoms. The first kappa shape index (κ1) is 24.1. The zero-order valence-electron chi connectivity index (χ0n) is 20.4. The summed E-state index contributed by atoms with van der Waals surface area (Å²) in [4.78, 5) is 16.5. The Balaban J connectivity index is 1.24. The zero-order valence-corrected chi connectivity index (χ0v) is 21.2. The largest absolute Gasteiger partial charge is 0.454 e. The highest BCUT2D eigenvalue weighted by atomic mass is 32.2. The fourth-order valence-corrected chi connectivity index (χ4v) is 5.91. The van der Waals surface area contributed by atoms with Gasteiger partial charge in [-0.1, -0.05) is 23.8 Å². The molecule has 0 radical (unpaired) electrons. The van der Waals surface area contributed by atoms with Crippen molar-refractivity contribution in [1.82, 2.24) is 4.90 Å². The number of nitrogens with zero attached hydrogens (tertiary/aromatic N) is 1. The quantitative estimate of drug-likeness (QED) is 0.534. The monoisotopic (exact) mass is 508 g/mol. The van der Waals surface area contributed by atoms with Gasteiger partial charge in [-0.25, -0.2) is 8.42 Å². The van der Waals surface area contributed by atoms with E-state index in [0.29, 0.717) is 29.9 Å². The molecule has 0 aliphatic carbocycles. The second-order valence-corrected chi connectivity index (χ2v) is 11.0. The summed E-state index contributed by atoms with van der Waals surface area (Å²) in [6, 6.07) is 18.0. The van der Waals surface area contributed by atoms with E-state index in [1.54, 1.807) is 36.1 Å². The summed E-state index contributed by atoms with van der Waals surface area (Å²) >= 11 is 0. The van der Waals surface area contributed by atoms with E-state index in [1.165, 1.54) is 16.5 Å². The molecule has 2 aliphatic rings. The summed E-state index contributed by atoms with van der Waals surface area (Å²) in [5.74, 6) is 1.41. The second-order valence-electron chi connectivity index (χ2n) is 9.36. The molecule has 3 aromatic carbocycles. The van der Waals surface area contributed by atoms with Crippen LogP contribution in [0.15, 0.2) is 65.6 Å². The number of anilines is 1. The second kappa shape index (κ2) is 9.83. The van der Waals surface area contributed by atoms with E-state index in [-0.39, 0.29) is 17.6 Å². The van der Waals surface area contributed by atoms with E-state index in [0.717, 1.165) is 36.7 Å². The smallest absolute Gasteiger partial charge is 0.262 e. The van der Waals surface area contributed by atoms with Crippen LogP contribution in [0.1, 0.15) is 27.0 Å². The van der Waals surface area contributed by atoms with E-state index in [1.807, 2.05) is 31.2 Å². The van der Waals surface area contributed by atoms with Gasteiger partial charge in [0.25, 0.3) is 15.9 Å². The van der Waals surface area contributed by atoms with Gasteiger partial charge in [0.1, 0.15) is 6.54 Å². The minimum absolute atomic E-state index is 0.112. The number of quaternary nitrogens is 1. The molecule has 3 aromatic rings. The van der Waals surface area contributed by atoms with Gasteiger partial charge in [-0.15, -0.1) is 0 Å². The van der Waals surface area contributed by atoms with Gasteiger partial charge in [0.2, 0.25) is 6.79 Å². The van der Waals surface area contributed by atoms with Crippen molar-refractivity contribution in [3.05, 3.63) is 82.9 Å². The SMILES string of the molecule is Cc1ccc(NS(=O)(=O)c2cc(C(=O)N3CC[NH+](Cc4ccc5c(c4)OCO5)CC3)ccc2C)cc1. The van der Waals surface area contributed by atoms with E-state index in [2.05, 4.69) is 10.8 Å². The van der Waals surface area contributed by atoms with Crippen LogP contribution in [-0.2, 0) is 16.6 Å². The van der Waals surface area contributed by atoms with E-state index in [9.17, 15) is 13.2 Å². The highest BCUT2D eigenvalue weighted by Gasteiger charge is 2.27. The molecule has 0 saturated carbocycles. The number of piperazine rings is 1. The number of ether oxygens (including phenoxy) is 2. The Kier molecular flexibility index (Phi) is 6.59. The molecule has 1 saturated heterocycles. The highest BCUT2D eigenvalue weighted by Crippen LogP contribution is 2.32. The van der Waals surface area contributed by atoms with Crippen LogP contribution in [0, 0.1) is 13.8 Å². The van der Waals surface area contributed by atoms with Crippen LogP contribution in [0.3, 0.4) is 0 Å². The lowest BCUT2D eigenvalue weighted by molar-refractivity contribution is -0.917. The van der Waals surface area contributed by atoms with Crippen molar-refractivity contribution < 1.29 is 27.6 Å². The number of aryl methyl sites for hydroxylation is 2. The molecule has 1 fully saturated rings. The molecule has 5 rings (SSSR count). The predicted octanol–water partition coefficient (Wildman–Crippen LogP) is 2.37. The summed E-state index contributed by atoms with van der Waals surface area (Å²) in [5, 5.41) is 0. The zero-order chi connectivity index (χ0) is 25.3. The topological polar surface area (TPSA) is 89.4 Å². The first-order valence-corrected chi connectivity index (χ1v) is 13.5. The number of nitrogens with one attached hydrogen (secondary N) is 2. The number of sulfonamides is 1. The van der Waals surface area contributed by atoms with E-state index in [4.69, 9.17) is 9.47 Å². The molecule has 0 atom stereocenters. The highest BCUT2D eigenvalue weighted by molar-refractivity contribution is 7.92. The number of carbonyl (C=O) groups excluding carboxylic acids is 1. The van der Waals surface area contributed by atoms with Gasteiger partial charge in [-0.05, 0) is 61.9 Å². The molecule has 0 aromatic heterocycles. The molecule has 8 nitrogen and oxygen atoms in total. The molecule has 2 heterocycles. The van der Waals surface area contributed by atoms with E-state index < -0.39 is 10.0 Å². The van der Waals surface area contributed by atoms with Gasteiger partial charge in [0.05, 0.1) is 31.1 Å².